The first-order chi connectivity index (χ1) is 9.34. The van der Waals surface area contributed by atoms with Gasteiger partial charge in [-0.3, -0.25) is 0 Å². The van der Waals surface area contributed by atoms with Crippen molar-refractivity contribution >= 4 is 23.1 Å². The van der Waals surface area contributed by atoms with Crippen LogP contribution in [0.3, 0.4) is 0 Å². The quantitative estimate of drug-likeness (QED) is 0.765. The van der Waals surface area contributed by atoms with E-state index in [1.165, 1.54) is 16.2 Å². The van der Waals surface area contributed by atoms with E-state index in [2.05, 4.69) is 64.6 Å². The number of hydrogen-bond acceptors (Lipinski definition) is 1. The van der Waals surface area contributed by atoms with Crippen LogP contribution >= 0.6 is 0 Å². The van der Waals surface area contributed by atoms with Gasteiger partial charge in [0.05, 0.1) is 10.9 Å². The van der Waals surface area contributed by atoms with Gasteiger partial charge in [-0.05, 0) is 42.5 Å². The zero-order chi connectivity index (χ0) is 14.9. The monoisotopic (exact) mass is 265 g/mol. The Labute approximate surface area is 121 Å². The van der Waals surface area contributed by atoms with E-state index in [1.807, 2.05) is 13.0 Å². The maximum absolute atomic E-state index is 4.76. The largest absolute Gasteiger partial charge is 0.248 e. The van der Waals surface area contributed by atoms with Crippen molar-refractivity contribution in [2.75, 3.05) is 0 Å². The number of rotatable bonds is 1. The summed E-state index contributed by atoms with van der Waals surface area (Å²) in [5.74, 6) is 0. The number of nitrogens with zero attached hydrogens (tertiary/aromatic N) is 1. The van der Waals surface area contributed by atoms with Gasteiger partial charge >= 0.3 is 0 Å². The lowest BCUT2D eigenvalue weighted by Gasteiger charge is -2.19. The summed E-state index contributed by atoms with van der Waals surface area (Å²) < 4.78 is 0. The summed E-state index contributed by atoms with van der Waals surface area (Å²) in [6.07, 6.45) is 4.26. The van der Waals surface area contributed by atoms with Crippen LogP contribution in [0.5, 0.6) is 0 Å². The minimum absolute atomic E-state index is 0.0725. The van der Waals surface area contributed by atoms with Gasteiger partial charge in [0.1, 0.15) is 0 Å². The third-order valence-corrected chi connectivity index (χ3v) is 3.78. The van der Waals surface area contributed by atoms with E-state index in [9.17, 15) is 0 Å². The van der Waals surface area contributed by atoms with Crippen LogP contribution in [0.2, 0.25) is 0 Å². The summed E-state index contributed by atoms with van der Waals surface area (Å²) in [5, 5.41) is 3.43. The third kappa shape index (κ3) is 2.67. The molecule has 0 radical (unpaired) electrons. The zero-order valence-electron chi connectivity index (χ0n) is 13.1. The molecule has 1 nitrogen and oxygen atoms in total. The number of aromatic nitrogens is 1. The lowest BCUT2D eigenvalue weighted by atomic mass is 9.86. The van der Waals surface area contributed by atoms with Crippen molar-refractivity contribution in [3.63, 3.8) is 0 Å². The summed E-state index contributed by atoms with van der Waals surface area (Å²) in [6.45, 7) is 15.0. The molecule has 1 aromatic carbocycles. The number of para-hydroxylation sites is 1. The molecule has 0 atom stereocenters. The highest BCUT2D eigenvalue weighted by atomic mass is 14.7. The molecule has 0 spiro atoms. The van der Waals surface area contributed by atoms with Gasteiger partial charge in [-0.25, -0.2) is 4.98 Å². The fraction of sp³-hybridized carbons (Fsp3) is 0.316. The molecule has 0 amide bonds. The molecule has 2 aromatic rings. The number of fused-ring (bicyclic) bond motifs is 1. The van der Waals surface area contributed by atoms with E-state index in [0.29, 0.717) is 0 Å². The molecule has 0 bridgehead atoms. The maximum Gasteiger partial charge on any atom is 0.0712 e. The highest BCUT2D eigenvalue weighted by molar-refractivity contribution is 5.82. The molecule has 0 aliphatic rings. The third-order valence-electron chi connectivity index (χ3n) is 3.78. The van der Waals surface area contributed by atoms with Gasteiger partial charge in [-0.2, -0.15) is 0 Å². The normalized spacial score (nSPS) is 14.1. The van der Waals surface area contributed by atoms with E-state index in [4.69, 9.17) is 4.98 Å². The fourth-order valence-corrected chi connectivity index (χ4v) is 2.21. The number of aryl methyl sites for hydroxylation is 1. The molecule has 0 unspecified atom stereocenters. The molecule has 2 rings (SSSR count). The minimum Gasteiger partial charge on any atom is -0.248 e. The Morgan fingerprint density at radius 2 is 1.85 bits per heavy atom. The highest BCUT2D eigenvalue weighted by Crippen LogP contribution is 2.24. The van der Waals surface area contributed by atoms with Gasteiger partial charge in [0.2, 0.25) is 0 Å². The van der Waals surface area contributed by atoms with Crippen LogP contribution < -0.4 is 10.6 Å². The second kappa shape index (κ2) is 5.24. The van der Waals surface area contributed by atoms with Crippen molar-refractivity contribution in [1.29, 1.82) is 0 Å². The van der Waals surface area contributed by atoms with Gasteiger partial charge in [-0.1, -0.05) is 51.6 Å². The summed E-state index contributed by atoms with van der Waals surface area (Å²) in [5.41, 5.74) is 3.52. The summed E-state index contributed by atoms with van der Waals surface area (Å²) >= 11 is 0. The van der Waals surface area contributed by atoms with Crippen molar-refractivity contribution in [3.8, 4) is 0 Å². The Kier molecular flexibility index (Phi) is 3.80. The highest BCUT2D eigenvalue weighted by Gasteiger charge is 2.13. The molecule has 0 aliphatic heterocycles. The van der Waals surface area contributed by atoms with E-state index < -0.39 is 0 Å². The molecule has 0 N–H and O–H groups in total. The van der Waals surface area contributed by atoms with Gasteiger partial charge in [0.25, 0.3) is 0 Å². The molecule has 0 saturated heterocycles. The Hall–Kier alpha value is -1.89. The number of hydrogen-bond donors (Lipinski definition) is 0. The topological polar surface area (TPSA) is 12.9 Å². The molecule has 0 fully saturated rings. The second-order valence-electron chi connectivity index (χ2n) is 6.26. The Morgan fingerprint density at radius 3 is 2.45 bits per heavy atom. The average Bonchev–Trinajstić information content (AvgIpc) is 2.40. The Bertz CT molecular complexity index is 774. The van der Waals surface area contributed by atoms with Gasteiger partial charge in [0.15, 0.2) is 0 Å². The number of allylic oxidation sites excluding steroid dienone is 1. The maximum atomic E-state index is 4.76. The predicted octanol–water partition coefficient (Wildman–Crippen LogP) is 3.73. The lowest BCUT2D eigenvalue weighted by molar-refractivity contribution is 0.525. The van der Waals surface area contributed by atoms with Crippen LogP contribution in [0.4, 0.5) is 0 Å². The van der Waals surface area contributed by atoms with E-state index in [1.54, 1.807) is 0 Å². The van der Waals surface area contributed by atoms with Crippen molar-refractivity contribution in [3.05, 3.63) is 52.5 Å². The fourth-order valence-electron chi connectivity index (χ4n) is 2.21. The average molecular weight is 265 g/mol. The van der Waals surface area contributed by atoms with Crippen LogP contribution in [-0.4, -0.2) is 4.98 Å². The first-order valence-corrected chi connectivity index (χ1v) is 7.07. The van der Waals surface area contributed by atoms with Crippen LogP contribution in [-0.2, 0) is 0 Å². The van der Waals surface area contributed by atoms with Crippen LogP contribution in [0.25, 0.3) is 23.1 Å². The second-order valence-corrected chi connectivity index (χ2v) is 6.26. The number of benzene rings is 1. The minimum atomic E-state index is 0.0725. The summed E-state index contributed by atoms with van der Waals surface area (Å²) in [6, 6.07) is 8.30. The van der Waals surface area contributed by atoms with Gasteiger partial charge < -0.3 is 0 Å². The zero-order valence-corrected chi connectivity index (χ0v) is 13.1. The van der Waals surface area contributed by atoms with Crippen molar-refractivity contribution in [2.45, 2.75) is 34.6 Å². The van der Waals surface area contributed by atoms with E-state index in [0.717, 1.165) is 16.4 Å². The van der Waals surface area contributed by atoms with Crippen LogP contribution in [0.15, 0.2) is 36.4 Å². The molecule has 1 aromatic heterocycles. The van der Waals surface area contributed by atoms with Crippen molar-refractivity contribution in [2.24, 2.45) is 5.41 Å². The predicted molar refractivity (Wildman–Crippen MR) is 88.9 cm³/mol. The Balaban J connectivity index is 2.86. The van der Waals surface area contributed by atoms with Gasteiger partial charge in [-0.15, -0.1) is 0 Å². The summed E-state index contributed by atoms with van der Waals surface area (Å²) in [4.78, 5) is 4.76. The molecular weight excluding hydrogens is 242 g/mol. The standard InChI is InChI=1S/C19H23N/c1-7-17-16(12-13(2)19(4,5)6)14(3)15-10-8-9-11-18(15)20-17/h7-12H,2H2,1,3-6H3/b16-12-,17-7+. The van der Waals surface area contributed by atoms with Gasteiger partial charge in [0, 0.05) is 10.6 Å². The van der Waals surface area contributed by atoms with Crippen molar-refractivity contribution in [1.82, 2.24) is 4.98 Å². The van der Waals surface area contributed by atoms with Crippen molar-refractivity contribution < 1.29 is 0 Å². The van der Waals surface area contributed by atoms with E-state index in [-0.39, 0.29) is 5.41 Å². The van der Waals surface area contributed by atoms with Crippen LogP contribution in [0.1, 0.15) is 33.3 Å². The summed E-state index contributed by atoms with van der Waals surface area (Å²) in [7, 11) is 0. The first-order valence-electron chi connectivity index (χ1n) is 7.07. The smallest absolute Gasteiger partial charge is 0.0712 e. The first kappa shape index (κ1) is 14.5. The Morgan fingerprint density at radius 1 is 1.20 bits per heavy atom. The van der Waals surface area contributed by atoms with Crippen LogP contribution in [0, 0.1) is 12.3 Å². The van der Waals surface area contributed by atoms with E-state index >= 15 is 0 Å². The molecule has 104 valence electrons. The lowest BCUT2D eigenvalue weighted by Crippen LogP contribution is -2.31. The molecular formula is C19H23N. The molecule has 1 heterocycles. The molecule has 0 saturated carbocycles. The molecule has 0 aliphatic carbocycles. The number of pyridine rings is 1. The molecule has 20 heavy (non-hydrogen) atoms. The SMILES string of the molecule is C=C(/C=c1/c(C)c2ccccc2n/c1=C/C)C(C)(C)C. The molecule has 1 heteroatoms.